The molecule has 0 N–H and O–H groups in total. The summed E-state index contributed by atoms with van der Waals surface area (Å²) in [5.74, 6) is -0.105. The standard InChI is InChI=1S/C18H21NO3S/c1-3-22-18(21)13-8-10-19(11-9-13)17(20)16-12(2)14-6-4-5-7-15(14)23-16/h4-7,13H,3,8-11H2,1-2H3. The zero-order valence-electron chi connectivity index (χ0n) is 13.5. The molecule has 0 unspecified atom stereocenters. The van der Waals surface area contributed by atoms with E-state index in [9.17, 15) is 9.59 Å². The van der Waals surface area contributed by atoms with Gasteiger partial charge < -0.3 is 9.64 Å². The van der Waals surface area contributed by atoms with Gasteiger partial charge in [0, 0.05) is 17.8 Å². The number of piperidine rings is 1. The molecule has 3 rings (SSSR count). The Morgan fingerprint density at radius 2 is 1.96 bits per heavy atom. The van der Waals surface area contributed by atoms with Gasteiger partial charge >= 0.3 is 5.97 Å². The highest BCUT2D eigenvalue weighted by molar-refractivity contribution is 7.21. The smallest absolute Gasteiger partial charge is 0.309 e. The Hall–Kier alpha value is -1.88. The number of carbonyl (C=O) groups is 2. The minimum absolute atomic E-state index is 0.0671. The van der Waals surface area contributed by atoms with Crippen molar-refractivity contribution in [3.8, 4) is 0 Å². The highest BCUT2D eigenvalue weighted by Crippen LogP contribution is 2.32. The van der Waals surface area contributed by atoms with E-state index in [0.717, 1.165) is 20.5 Å². The van der Waals surface area contributed by atoms with Crippen molar-refractivity contribution < 1.29 is 14.3 Å². The van der Waals surface area contributed by atoms with E-state index in [1.165, 1.54) is 0 Å². The molecule has 0 saturated carbocycles. The number of ether oxygens (including phenoxy) is 1. The number of carbonyl (C=O) groups excluding carboxylic acids is 2. The molecular formula is C18H21NO3S. The Kier molecular flexibility index (Phi) is 4.66. The molecule has 0 radical (unpaired) electrons. The molecule has 1 amide bonds. The molecule has 1 fully saturated rings. The van der Waals surface area contributed by atoms with Crippen molar-refractivity contribution in [1.29, 1.82) is 0 Å². The third-order valence-electron chi connectivity index (χ3n) is 4.44. The summed E-state index contributed by atoms with van der Waals surface area (Å²) < 4.78 is 6.23. The lowest BCUT2D eigenvalue weighted by Gasteiger charge is -2.30. The van der Waals surface area contributed by atoms with Gasteiger partial charge in [0.2, 0.25) is 0 Å². The summed E-state index contributed by atoms with van der Waals surface area (Å²) >= 11 is 1.56. The Balaban J connectivity index is 1.72. The number of amides is 1. The molecule has 23 heavy (non-hydrogen) atoms. The third kappa shape index (κ3) is 3.11. The second-order valence-corrected chi connectivity index (χ2v) is 6.92. The van der Waals surface area contributed by atoms with Gasteiger partial charge in [0.25, 0.3) is 5.91 Å². The van der Waals surface area contributed by atoms with Crippen LogP contribution < -0.4 is 0 Å². The summed E-state index contributed by atoms with van der Waals surface area (Å²) in [7, 11) is 0. The number of rotatable bonds is 3. The Morgan fingerprint density at radius 3 is 2.61 bits per heavy atom. The van der Waals surface area contributed by atoms with Gasteiger partial charge in [0.1, 0.15) is 0 Å². The maximum absolute atomic E-state index is 12.8. The molecule has 1 aliphatic rings. The summed E-state index contributed by atoms with van der Waals surface area (Å²) in [4.78, 5) is 27.3. The number of esters is 1. The van der Waals surface area contributed by atoms with Crippen molar-refractivity contribution in [2.45, 2.75) is 26.7 Å². The number of nitrogens with zero attached hydrogens (tertiary/aromatic N) is 1. The van der Waals surface area contributed by atoms with Crippen LogP contribution in [0.4, 0.5) is 0 Å². The first-order valence-electron chi connectivity index (χ1n) is 8.05. The van der Waals surface area contributed by atoms with Crippen LogP contribution in [-0.2, 0) is 9.53 Å². The van der Waals surface area contributed by atoms with Crippen LogP contribution in [0.15, 0.2) is 24.3 Å². The van der Waals surface area contributed by atoms with Crippen molar-refractivity contribution in [1.82, 2.24) is 4.90 Å². The van der Waals surface area contributed by atoms with E-state index in [0.29, 0.717) is 32.5 Å². The van der Waals surface area contributed by atoms with Crippen LogP contribution in [0.3, 0.4) is 0 Å². The van der Waals surface area contributed by atoms with Crippen molar-refractivity contribution in [2.24, 2.45) is 5.92 Å². The summed E-state index contributed by atoms with van der Waals surface area (Å²) in [5, 5.41) is 1.15. The number of hydrogen-bond donors (Lipinski definition) is 0. The highest BCUT2D eigenvalue weighted by atomic mass is 32.1. The number of fused-ring (bicyclic) bond motifs is 1. The first-order valence-corrected chi connectivity index (χ1v) is 8.87. The number of hydrogen-bond acceptors (Lipinski definition) is 4. The van der Waals surface area contributed by atoms with E-state index in [2.05, 4.69) is 12.1 Å². The molecule has 0 aliphatic carbocycles. The molecule has 2 aromatic rings. The molecule has 0 atom stereocenters. The number of likely N-dealkylation sites (tertiary alicyclic amines) is 1. The molecule has 0 spiro atoms. The first kappa shape index (κ1) is 16.0. The molecule has 1 aliphatic heterocycles. The number of benzene rings is 1. The van der Waals surface area contributed by atoms with E-state index < -0.39 is 0 Å². The van der Waals surface area contributed by atoms with E-state index >= 15 is 0 Å². The second-order valence-electron chi connectivity index (χ2n) is 5.87. The Bertz CT molecular complexity index is 729. The fraction of sp³-hybridized carbons (Fsp3) is 0.444. The largest absolute Gasteiger partial charge is 0.466 e. The van der Waals surface area contributed by atoms with Crippen LogP contribution in [0, 0.1) is 12.8 Å². The average molecular weight is 331 g/mol. The maximum Gasteiger partial charge on any atom is 0.309 e. The van der Waals surface area contributed by atoms with Gasteiger partial charge in [0.05, 0.1) is 17.4 Å². The lowest BCUT2D eigenvalue weighted by molar-refractivity contribution is -0.149. The van der Waals surface area contributed by atoms with Crippen LogP contribution in [-0.4, -0.2) is 36.5 Å². The summed E-state index contributed by atoms with van der Waals surface area (Å²) in [6.07, 6.45) is 1.38. The molecule has 1 aromatic heterocycles. The molecule has 2 heterocycles. The zero-order chi connectivity index (χ0) is 16.4. The Labute approximate surface area is 140 Å². The zero-order valence-corrected chi connectivity index (χ0v) is 14.3. The van der Waals surface area contributed by atoms with Gasteiger partial charge in [-0.3, -0.25) is 9.59 Å². The quantitative estimate of drug-likeness (QED) is 0.807. The van der Waals surface area contributed by atoms with Crippen LogP contribution >= 0.6 is 11.3 Å². The minimum Gasteiger partial charge on any atom is -0.466 e. The van der Waals surface area contributed by atoms with Crippen molar-refractivity contribution in [2.75, 3.05) is 19.7 Å². The summed E-state index contributed by atoms with van der Waals surface area (Å²) in [5.41, 5.74) is 1.06. The summed E-state index contributed by atoms with van der Waals surface area (Å²) in [6, 6.07) is 8.11. The fourth-order valence-electron chi connectivity index (χ4n) is 3.10. The number of thiophene rings is 1. The molecule has 122 valence electrons. The molecule has 1 saturated heterocycles. The lowest BCUT2D eigenvalue weighted by atomic mass is 9.97. The van der Waals surface area contributed by atoms with Crippen molar-refractivity contribution in [3.05, 3.63) is 34.7 Å². The van der Waals surface area contributed by atoms with Crippen LogP contribution in [0.25, 0.3) is 10.1 Å². The van der Waals surface area contributed by atoms with E-state index in [1.54, 1.807) is 11.3 Å². The molecule has 1 aromatic carbocycles. The van der Waals surface area contributed by atoms with Crippen LogP contribution in [0.1, 0.15) is 35.0 Å². The average Bonchev–Trinajstić information content (AvgIpc) is 2.92. The van der Waals surface area contributed by atoms with Gasteiger partial charge in [-0.1, -0.05) is 18.2 Å². The topological polar surface area (TPSA) is 46.6 Å². The van der Waals surface area contributed by atoms with E-state index in [-0.39, 0.29) is 17.8 Å². The molecule has 5 heteroatoms. The predicted octanol–water partition coefficient (Wildman–Crippen LogP) is 3.63. The van der Waals surface area contributed by atoms with E-state index in [1.807, 2.05) is 30.9 Å². The van der Waals surface area contributed by atoms with Gasteiger partial charge in [-0.05, 0) is 43.7 Å². The maximum atomic E-state index is 12.8. The van der Waals surface area contributed by atoms with Gasteiger partial charge in [0.15, 0.2) is 0 Å². The van der Waals surface area contributed by atoms with Crippen molar-refractivity contribution in [3.63, 3.8) is 0 Å². The predicted molar refractivity (Wildman–Crippen MR) is 91.8 cm³/mol. The second kappa shape index (κ2) is 6.71. The first-order chi connectivity index (χ1) is 11.1. The summed E-state index contributed by atoms with van der Waals surface area (Å²) in [6.45, 7) is 5.49. The third-order valence-corrected chi connectivity index (χ3v) is 5.70. The lowest BCUT2D eigenvalue weighted by Crippen LogP contribution is -2.40. The highest BCUT2D eigenvalue weighted by Gasteiger charge is 2.30. The number of aryl methyl sites for hydroxylation is 1. The van der Waals surface area contributed by atoms with E-state index in [4.69, 9.17) is 4.74 Å². The van der Waals surface area contributed by atoms with Crippen molar-refractivity contribution >= 4 is 33.3 Å². The normalized spacial score (nSPS) is 15.8. The van der Waals surface area contributed by atoms with Gasteiger partial charge in [-0.15, -0.1) is 11.3 Å². The fourth-order valence-corrected chi connectivity index (χ4v) is 4.28. The SMILES string of the molecule is CCOC(=O)C1CCN(C(=O)c2sc3ccccc3c2C)CC1. The van der Waals surface area contributed by atoms with Crippen LogP contribution in [0.2, 0.25) is 0 Å². The van der Waals surface area contributed by atoms with Gasteiger partial charge in [-0.2, -0.15) is 0 Å². The molecular weight excluding hydrogens is 310 g/mol. The molecule has 4 nitrogen and oxygen atoms in total. The molecule has 0 bridgehead atoms. The minimum atomic E-state index is -0.127. The van der Waals surface area contributed by atoms with Gasteiger partial charge in [-0.25, -0.2) is 0 Å². The Morgan fingerprint density at radius 1 is 1.26 bits per heavy atom. The van der Waals surface area contributed by atoms with Crippen LogP contribution in [0.5, 0.6) is 0 Å². The monoisotopic (exact) mass is 331 g/mol.